The molecule has 0 aromatic carbocycles. The van der Waals surface area contributed by atoms with Crippen molar-refractivity contribution in [3.8, 4) is 0 Å². The average molecular weight is 307 g/mol. The van der Waals surface area contributed by atoms with Gasteiger partial charge in [-0.05, 0) is 24.6 Å². The van der Waals surface area contributed by atoms with Crippen LogP contribution in [-0.4, -0.2) is 41.0 Å². The highest BCUT2D eigenvalue weighted by Gasteiger charge is 2.30. The number of sulfone groups is 1. The van der Waals surface area contributed by atoms with Gasteiger partial charge in [-0.25, -0.2) is 8.42 Å². The van der Waals surface area contributed by atoms with E-state index in [-0.39, 0.29) is 6.04 Å². The zero-order valence-corrected chi connectivity index (χ0v) is 12.7. The minimum absolute atomic E-state index is 0.0882. The maximum absolute atomic E-state index is 11.8. The van der Waals surface area contributed by atoms with Crippen molar-refractivity contribution in [3.63, 3.8) is 0 Å². The van der Waals surface area contributed by atoms with Crippen LogP contribution in [0.2, 0.25) is 0 Å². The van der Waals surface area contributed by atoms with Crippen LogP contribution in [0.5, 0.6) is 0 Å². The Labute approximate surface area is 123 Å². The Balaban J connectivity index is 2.04. The van der Waals surface area contributed by atoms with Crippen molar-refractivity contribution in [2.45, 2.75) is 24.8 Å². The normalized spacial score (nSPS) is 20.0. The minimum atomic E-state index is -3.20. The van der Waals surface area contributed by atoms with Gasteiger partial charge in [0.25, 0.3) is 0 Å². The van der Waals surface area contributed by atoms with Crippen molar-refractivity contribution in [1.29, 1.82) is 0 Å². The van der Waals surface area contributed by atoms with E-state index in [2.05, 4.69) is 20.5 Å². The lowest BCUT2D eigenvalue weighted by Gasteiger charge is -2.26. The van der Waals surface area contributed by atoms with Crippen LogP contribution in [0.1, 0.15) is 35.4 Å². The number of fused-ring (bicyclic) bond motifs is 1. The van der Waals surface area contributed by atoms with Crippen molar-refractivity contribution in [2.75, 3.05) is 12.8 Å². The zero-order chi connectivity index (χ0) is 15.0. The lowest BCUT2D eigenvalue weighted by molar-refractivity contribution is 0.446. The Morgan fingerprint density at radius 3 is 2.71 bits per heavy atom. The van der Waals surface area contributed by atoms with Crippen molar-refractivity contribution in [3.05, 3.63) is 41.7 Å². The minimum Gasteiger partial charge on any atom is -0.311 e. The molecule has 1 aliphatic heterocycles. The van der Waals surface area contributed by atoms with E-state index >= 15 is 0 Å². The molecule has 1 N–H and O–H groups in total. The van der Waals surface area contributed by atoms with Gasteiger partial charge >= 0.3 is 0 Å². The van der Waals surface area contributed by atoms with Crippen molar-refractivity contribution in [2.24, 2.45) is 0 Å². The monoisotopic (exact) mass is 307 g/mol. The Morgan fingerprint density at radius 1 is 1.33 bits per heavy atom. The number of aromatic nitrogens is 4. The molecule has 0 bridgehead atoms. The molecule has 1 aliphatic rings. The second-order valence-corrected chi connectivity index (χ2v) is 7.57. The Bertz CT molecular complexity index is 741. The first-order valence-electron chi connectivity index (χ1n) is 6.73. The molecule has 0 aliphatic carbocycles. The summed E-state index contributed by atoms with van der Waals surface area (Å²) in [5.41, 5.74) is 1.04. The third-order valence-corrected chi connectivity index (χ3v) is 5.29. The molecule has 3 rings (SSSR count). The van der Waals surface area contributed by atoms with Crippen molar-refractivity contribution >= 4 is 9.84 Å². The largest absolute Gasteiger partial charge is 0.311 e. The van der Waals surface area contributed by atoms with Gasteiger partial charge in [0, 0.05) is 31.7 Å². The van der Waals surface area contributed by atoms with Crippen LogP contribution in [0.25, 0.3) is 0 Å². The summed E-state index contributed by atoms with van der Waals surface area (Å²) in [5, 5.41) is 11.1. The Kier molecular flexibility index (Phi) is 3.50. The first-order valence-corrected chi connectivity index (χ1v) is 8.69. The summed E-state index contributed by atoms with van der Waals surface area (Å²) in [5.74, 6) is 1.26. The fraction of sp³-hybridized carbons (Fsp3) is 0.462. The molecule has 2 atom stereocenters. The van der Waals surface area contributed by atoms with E-state index in [0.717, 1.165) is 17.9 Å². The van der Waals surface area contributed by atoms with E-state index in [1.807, 2.05) is 16.7 Å². The summed E-state index contributed by atoms with van der Waals surface area (Å²) in [6.45, 7) is 3.05. The van der Waals surface area contributed by atoms with Crippen LogP contribution in [0.3, 0.4) is 0 Å². The summed E-state index contributed by atoms with van der Waals surface area (Å²) < 4.78 is 25.4. The molecular formula is C13H17N5O2S. The van der Waals surface area contributed by atoms with E-state index < -0.39 is 15.1 Å². The lowest BCUT2D eigenvalue weighted by atomic mass is 10.1. The number of hydrogen-bond donors (Lipinski definition) is 1. The second kappa shape index (κ2) is 5.19. The third kappa shape index (κ3) is 2.56. The van der Waals surface area contributed by atoms with Gasteiger partial charge in [0.2, 0.25) is 0 Å². The Morgan fingerprint density at radius 2 is 2.05 bits per heavy atom. The molecule has 2 aromatic heterocycles. The molecular weight excluding hydrogens is 290 g/mol. The first kappa shape index (κ1) is 14.2. The molecule has 2 aromatic rings. The van der Waals surface area contributed by atoms with Gasteiger partial charge in [-0.1, -0.05) is 0 Å². The zero-order valence-electron chi connectivity index (χ0n) is 11.9. The maximum atomic E-state index is 11.8. The Hall–Kier alpha value is -1.80. The van der Waals surface area contributed by atoms with Gasteiger partial charge in [-0.3, -0.25) is 4.98 Å². The number of pyridine rings is 1. The molecule has 0 amide bonds. The predicted octanol–water partition coefficient (Wildman–Crippen LogP) is 0.471. The van der Waals surface area contributed by atoms with E-state index in [0.29, 0.717) is 12.4 Å². The maximum Gasteiger partial charge on any atom is 0.157 e. The molecule has 0 saturated heterocycles. The molecule has 0 radical (unpaired) electrons. The summed E-state index contributed by atoms with van der Waals surface area (Å²) in [4.78, 5) is 4.01. The average Bonchev–Trinajstić information content (AvgIpc) is 2.90. The number of nitrogens with zero attached hydrogens (tertiary/aromatic N) is 4. The SMILES string of the molecule is CC(c1nnc2n1CCNC2c1ccncc1)S(C)(=O)=O. The highest BCUT2D eigenvalue weighted by molar-refractivity contribution is 7.90. The van der Waals surface area contributed by atoms with Crippen molar-refractivity contribution < 1.29 is 8.42 Å². The summed E-state index contributed by atoms with van der Waals surface area (Å²) in [6, 6.07) is 3.75. The van der Waals surface area contributed by atoms with E-state index in [4.69, 9.17) is 0 Å². The first-order chi connectivity index (χ1) is 9.98. The van der Waals surface area contributed by atoms with Gasteiger partial charge < -0.3 is 9.88 Å². The molecule has 0 fully saturated rings. The molecule has 7 nitrogen and oxygen atoms in total. The van der Waals surface area contributed by atoms with Gasteiger partial charge in [0.15, 0.2) is 21.5 Å². The van der Waals surface area contributed by atoms with Crippen LogP contribution >= 0.6 is 0 Å². The number of nitrogens with one attached hydrogen (secondary N) is 1. The van der Waals surface area contributed by atoms with Gasteiger partial charge in [-0.2, -0.15) is 0 Å². The van der Waals surface area contributed by atoms with E-state index in [9.17, 15) is 8.42 Å². The number of hydrogen-bond acceptors (Lipinski definition) is 6. The van der Waals surface area contributed by atoms with Gasteiger partial charge in [-0.15, -0.1) is 10.2 Å². The van der Waals surface area contributed by atoms with Gasteiger partial charge in [0.1, 0.15) is 5.25 Å². The molecule has 0 spiro atoms. The van der Waals surface area contributed by atoms with Crippen molar-refractivity contribution in [1.82, 2.24) is 25.1 Å². The van der Waals surface area contributed by atoms with Crippen LogP contribution in [0.4, 0.5) is 0 Å². The predicted molar refractivity (Wildman–Crippen MR) is 77.4 cm³/mol. The highest BCUT2D eigenvalue weighted by atomic mass is 32.2. The second-order valence-electron chi connectivity index (χ2n) is 5.21. The highest BCUT2D eigenvalue weighted by Crippen LogP contribution is 2.27. The van der Waals surface area contributed by atoms with Gasteiger partial charge in [0.05, 0.1) is 6.04 Å². The van der Waals surface area contributed by atoms with Crippen LogP contribution in [0, 0.1) is 0 Å². The summed E-state index contributed by atoms with van der Waals surface area (Å²) >= 11 is 0. The molecule has 2 unspecified atom stereocenters. The molecule has 21 heavy (non-hydrogen) atoms. The molecule has 112 valence electrons. The fourth-order valence-corrected chi connectivity index (χ4v) is 3.05. The van der Waals surface area contributed by atoms with E-state index in [1.165, 1.54) is 6.26 Å². The summed E-state index contributed by atoms with van der Waals surface area (Å²) in [6.07, 6.45) is 4.68. The topological polar surface area (TPSA) is 89.8 Å². The van der Waals surface area contributed by atoms with E-state index in [1.54, 1.807) is 19.3 Å². The quantitative estimate of drug-likeness (QED) is 0.886. The van der Waals surface area contributed by atoms with Crippen LogP contribution in [-0.2, 0) is 16.4 Å². The fourth-order valence-electron chi connectivity index (χ4n) is 2.50. The number of rotatable bonds is 3. The molecule has 0 saturated carbocycles. The standard InChI is InChI=1S/C13H17N5O2S/c1-9(21(2,19)20)12-16-17-13-11(15-7-8-18(12)13)10-3-5-14-6-4-10/h3-6,9,11,15H,7-8H2,1-2H3. The third-order valence-electron chi connectivity index (χ3n) is 3.80. The smallest absolute Gasteiger partial charge is 0.157 e. The van der Waals surface area contributed by atoms with Crippen LogP contribution in [0.15, 0.2) is 24.5 Å². The molecule has 8 heteroatoms. The molecule has 3 heterocycles. The lowest BCUT2D eigenvalue weighted by Crippen LogP contribution is -2.35. The summed E-state index contributed by atoms with van der Waals surface area (Å²) in [7, 11) is -3.20. The van der Waals surface area contributed by atoms with Crippen LogP contribution < -0.4 is 5.32 Å².